The van der Waals surface area contributed by atoms with Crippen LogP contribution in [-0.2, 0) is 41.9 Å². The Morgan fingerprint density at radius 2 is 1.20 bits per heavy atom. The minimum atomic E-state index is -0.775. The van der Waals surface area contributed by atoms with Crippen molar-refractivity contribution in [3.63, 3.8) is 0 Å². The van der Waals surface area contributed by atoms with Crippen molar-refractivity contribution in [2.45, 2.75) is 99.3 Å². The number of benzene rings is 1. The smallest absolute Gasteiger partial charge is 0.245 e. The Kier molecular flexibility index (Phi) is 24.4. The fourth-order valence-electron chi connectivity index (χ4n) is 3.29. The number of nitrogens with one attached hydrogen (secondary N) is 4. The van der Waals surface area contributed by atoms with Gasteiger partial charge in [0, 0.05) is 39.7 Å². The summed E-state index contributed by atoms with van der Waals surface area (Å²) in [4.78, 5) is 49.7. The van der Waals surface area contributed by atoms with Gasteiger partial charge in [-0.2, -0.15) is 0 Å². The Hall–Kier alpha value is -4.03. The van der Waals surface area contributed by atoms with Crippen LogP contribution in [0.4, 0.5) is 0 Å². The highest BCUT2D eigenvalue weighted by Gasteiger charge is 2.27. The molecule has 0 saturated heterocycles. The number of phenols is 1. The van der Waals surface area contributed by atoms with Gasteiger partial charge in [0.2, 0.25) is 23.6 Å². The molecule has 0 radical (unpaired) electrons. The number of aromatic nitrogens is 1. The van der Waals surface area contributed by atoms with Gasteiger partial charge in [0.15, 0.2) is 0 Å². The molecule has 44 heavy (non-hydrogen) atoms. The number of hydrogen-bond acceptors (Lipinski definition) is 8. The number of hydrogen-bond donors (Lipinski definition) is 5. The third-order valence-corrected chi connectivity index (χ3v) is 5.43. The fourth-order valence-corrected chi connectivity index (χ4v) is 3.29. The van der Waals surface area contributed by atoms with E-state index in [9.17, 15) is 24.3 Å². The average Bonchev–Trinajstić information content (AvgIpc) is 3.02. The molecule has 4 unspecified atom stereocenters. The van der Waals surface area contributed by atoms with Gasteiger partial charge >= 0.3 is 0 Å². The number of aromatic hydroxyl groups is 1. The van der Waals surface area contributed by atoms with E-state index in [1.165, 1.54) is 34.4 Å². The summed E-state index contributed by atoms with van der Waals surface area (Å²) in [6.07, 6.45) is 1.94. The van der Waals surface area contributed by atoms with Gasteiger partial charge in [-0.05, 0) is 32.0 Å². The topological polar surface area (TPSA) is 168 Å². The van der Waals surface area contributed by atoms with Crippen molar-refractivity contribution < 1.29 is 33.8 Å². The van der Waals surface area contributed by atoms with E-state index >= 15 is 0 Å². The molecule has 0 aliphatic rings. The number of pyridine rings is 1. The van der Waals surface area contributed by atoms with Gasteiger partial charge in [-0.25, -0.2) is 0 Å². The predicted molar refractivity (Wildman–Crippen MR) is 172 cm³/mol. The summed E-state index contributed by atoms with van der Waals surface area (Å²) in [5.74, 6) is -1.07. The van der Waals surface area contributed by atoms with E-state index in [1.54, 1.807) is 44.3 Å². The van der Waals surface area contributed by atoms with Crippen LogP contribution in [0, 0.1) is 0 Å². The lowest BCUT2D eigenvalue weighted by molar-refractivity contribution is -0.132. The number of carbonyl (C=O) groups excluding carboxylic acids is 4. The number of para-hydroxylation sites is 1. The van der Waals surface area contributed by atoms with Crippen LogP contribution in [0.3, 0.4) is 0 Å². The molecule has 0 bridgehead atoms. The third kappa shape index (κ3) is 18.5. The maximum atomic E-state index is 11.7. The molecule has 0 spiro atoms. The highest BCUT2D eigenvalue weighted by atomic mass is 16.5. The van der Waals surface area contributed by atoms with Gasteiger partial charge < -0.3 is 35.8 Å². The lowest BCUT2D eigenvalue weighted by Crippen LogP contribution is -2.51. The fraction of sp³-hybridized carbons (Fsp3) is 0.531. The Morgan fingerprint density at radius 3 is 1.59 bits per heavy atom. The summed E-state index contributed by atoms with van der Waals surface area (Å²) in [5, 5.41) is 19.7. The molecule has 248 valence electrons. The second kappa shape index (κ2) is 25.5. The third-order valence-electron chi connectivity index (χ3n) is 5.43. The minimum Gasteiger partial charge on any atom is -0.508 e. The van der Waals surface area contributed by atoms with Crippen molar-refractivity contribution >= 4 is 23.6 Å². The first kappa shape index (κ1) is 42.1. The summed E-state index contributed by atoms with van der Waals surface area (Å²) in [7, 11) is 3.01. The Bertz CT molecular complexity index is 1090. The standard InChI is InChI=1S/C14H20N2O4.C13H19N3O3.C3H8.C2H6/c1-9(13(14(19)15-3)16-10(2)17)20-8-11-6-4-5-7-12(11)18;1-9(12(13(18)14-3)16-10(2)17)19-8-11-6-4-5-7-15-11;1-3-2;1-2/h4-7,9,13,18H,8H2,1-3H3,(H,15,19)(H,16,17);4-7,9,12H,8H2,1-3H3,(H,14,18)(H,16,17);3H2,1-2H3;1-2H3. The predicted octanol–water partition coefficient (Wildman–Crippen LogP) is 3.23. The first-order valence-corrected chi connectivity index (χ1v) is 14.8. The zero-order valence-electron chi connectivity index (χ0n) is 27.9. The van der Waals surface area contributed by atoms with Crippen molar-refractivity contribution in [1.82, 2.24) is 26.3 Å². The number of rotatable bonds is 12. The average molecular weight is 620 g/mol. The van der Waals surface area contributed by atoms with Crippen LogP contribution in [0.25, 0.3) is 0 Å². The molecule has 2 aromatic rings. The van der Waals surface area contributed by atoms with Crippen LogP contribution in [0.2, 0.25) is 0 Å². The second-order valence-electron chi connectivity index (χ2n) is 9.27. The van der Waals surface area contributed by atoms with Crippen molar-refractivity contribution in [2.24, 2.45) is 0 Å². The van der Waals surface area contributed by atoms with E-state index in [4.69, 9.17) is 9.47 Å². The monoisotopic (exact) mass is 619 g/mol. The molecule has 0 saturated carbocycles. The summed E-state index contributed by atoms with van der Waals surface area (Å²) < 4.78 is 11.1. The zero-order chi connectivity index (χ0) is 34.1. The molecule has 4 amide bonds. The van der Waals surface area contributed by atoms with Gasteiger partial charge in [0.1, 0.15) is 17.8 Å². The molecule has 12 heteroatoms. The maximum Gasteiger partial charge on any atom is 0.245 e. The molecule has 2 rings (SSSR count). The first-order chi connectivity index (χ1) is 20.9. The van der Waals surface area contributed by atoms with Gasteiger partial charge in [-0.3, -0.25) is 24.2 Å². The highest BCUT2D eigenvalue weighted by Crippen LogP contribution is 2.17. The van der Waals surface area contributed by atoms with E-state index in [1.807, 2.05) is 32.0 Å². The number of likely N-dealkylation sites (N-methyl/N-ethyl adjacent to an activating group) is 2. The van der Waals surface area contributed by atoms with E-state index < -0.39 is 24.3 Å². The zero-order valence-corrected chi connectivity index (χ0v) is 27.9. The van der Waals surface area contributed by atoms with E-state index in [0.717, 1.165) is 5.69 Å². The van der Waals surface area contributed by atoms with Crippen LogP contribution in [0.5, 0.6) is 5.75 Å². The van der Waals surface area contributed by atoms with Gasteiger partial charge in [-0.1, -0.05) is 58.4 Å². The highest BCUT2D eigenvalue weighted by molar-refractivity contribution is 5.87. The minimum absolute atomic E-state index is 0.135. The first-order valence-electron chi connectivity index (χ1n) is 14.8. The molecule has 0 fully saturated rings. The van der Waals surface area contributed by atoms with Crippen LogP contribution >= 0.6 is 0 Å². The second-order valence-corrected chi connectivity index (χ2v) is 9.27. The van der Waals surface area contributed by atoms with Crippen LogP contribution in [-0.4, -0.2) is 72.1 Å². The lowest BCUT2D eigenvalue weighted by Gasteiger charge is -2.23. The Balaban J connectivity index is 0. The summed E-state index contributed by atoms with van der Waals surface area (Å²) in [6, 6.07) is 10.8. The summed E-state index contributed by atoms with van der Waals surface area (Å²) in [5.41, 5.74) is 1.39. The lowest BCUT2D eigenvalue weighted by atomic mass is 10.1. The molecule has 1 heterocycles. The van der Waals surface area contributed by atoms with Crippen LogP contribution in [0.1, 0.15) is 73.1 Å². The van der Waals surface area contributed by atoms with E-state index in [2.05, 4.69) is 40.1 Å². The Morgan fingerprint density at radius 1 is 0.773 bits per heavy atom. The molecular formula is C32H53N5O7. The Labute approximate surface area is 262 Å². The summed E-state index contributed by atoms with van der Waals surface area (Å²) >= 11 is 0. The molecule has 4 atom stereocenters. The SMILES string of the molecule is CC.CCC.CNC(=O)C(NC(C)=O)C(C)OCc1ccccc1O.CNC(=O)C(NC(C)=O)C(C)OCc1ccccn1. The van der Waals surface area contributed by atoms with Gasteiger partial charge in [0.25, 0.3) is 0 Å². The van der Waals surface area contributed by atoms with Crippen molar-refractivity contribution in [2.75, 3.05) is 14.1 Å². The maximum absolute atomic E-state index is 11.7. The van der Waals surface area contributed by atoms with Gasteiger partial charge in [-0.15, -0.1) is 0 Å². The molecule has 5 N–H and O–H groups in total. The van der Waals surface area contributed by atoms with Crippen LogP contribution in [0.15, 0.2) is 48.7 Å². The number of phenolic OH excluding ortho intramolecular Hbond substituents is 1. The molecule has 0 aliphatic carbocycles. The van der Waals surface area contributed by atoms with Crippen molar-refractivity contribution in [1.29, 1.82) is 0 Å². The van der Waals surface area contributed by atoms with E-state index in [0.29, 0.717) is 5.56 Å². The molecule has 1 aromatic carbocycles. The number of carbonyl (C=O) groups is 4. The largest absolute Gasteiger partial charge is 0.508 e. The van der Waals surface area contributed by atoms with Crippen molar-refractivity contribution in [3.8, 4) is 5.75 Å². The number of amides is 4. The summed E-state index contributed by atoms with van der Waals surface area (Å²) in [6.45, 7) is 14.8. The molecule has 1 aromatic heterocycles. The number of nitrogens with zero attached hydrogens (tertiary/aromatic N) is 1. The van der Waals surface area contributed by atoms with E-state index in [-0.39, 0.29) is 42.6 Å². The molecule has 12 nitrogen and oxygen atoms in total. The number of ether oxygens (including phenoxy) is 2. The normalized spacial score (nSPS) is 12.4. The quantitative estimate of drug-likeness (QED) is 0.241. The van der Waals surface area contributed by atoms with Gasteiger partial charge in [0.05, 0.1) is 31.1 Å². The van der Waals surface area contributed by atoms with Crippen LogP contribution < -0.4 is 21.3 Å². The molecular weight excluding hydrogens is 566 g/mol. The van der Waals surface area contributed by atoms with Crippen molar-refractivity contribution in [3.05, 3.63) is 59.9 Å². The molecule has 0 aliphatic heterocycles.